The molecule has 0 saturated heterocycles. The van der Waals surface area contributed by atoms with Crippen molar-refractivity contribution >= 4 is 0 Å². The second kappa shape index (κ2) is 6.50. The van der Waals surface area contributed by atoms with Gasteiger partial charge in [-0.25, -0.2) is 0 Å². The molecule has 6 heteroatoms. The highest BCUT2D eigenvalue weighted by atomic mass is 16.3. The number of hydrogen-bond donors (Lipinski definition) is 6. The Balaban J connectivity index is 1.03. The third-order valence-corrected chi connectivity index (χ3v) is 25.6. The molecule has 258 valence electrons. The summed E-state index contributed by atoms with van der Waals surface area (Å²) >= 11 is 0. The lowest BCUT2D eigenvalue weighted by Crippen LogP contribution is -2.61. The predicted molar refractivity (Wildman–Crippen MR) is 169 cm³/mol. The molecule has 6 spiro atoms. The Kier molecular flexibility index (Phi) is 3.59. The number of hydrogen-bond acceptors (Lipinski definition) is 6. The maximum absolute atomic E-state index is 11.4. The van der Waals surface area contributed by atoms with Gasteiger partial charge in [-0.1, -0.05) is 0 Å². The Hall–Kier alpha value is -0.240. The highest BCUT2D eigenvalue weighted by molar-refractivity contribution is 5.64. The molecule has 0 aromatic carbocycles. The lowest BCUT2D eigenvalue weighted by molar-refractivity contribution is -0.177. The summed E-state index contributed by atoms with van der Waals surface area (Å²) in [6.07, 6.45) is 11.5. The van der Waals surface area contributed by atoms with Crippen LogP contribution in [0.4, 0.5) is 0 Å². The van der Waals surface area contributed by atoms with Crippen LogP contribution in [0.25, 0.3) is 0 Å². The van der Waals surface area contributed by atoms with Crippen LogP contribution in [0.1, 0.15) is 57.8 Å². The smallest absolute Gasteiger partial charge is 0.0521 e. The van der Waals surface area contributed by atoms with Gasteiger partial charge in [-0.3, -0.25) is 0 Å². The van der Waals surface area contributed by atoms with Crippen LogP contribution in [0.3, 0.4) is 0 Å². The minimum absolute atomic E-state index is 0.0221. The van der Waals surface area contributed by atoms with Crippen LogP contribution in [0, 0.1) is 155 Å². The van der Waals surface area contributed by atoms with Crippen LogP contribution in [0.15, 0.2) is 0 Å². The van der Waals surface area contributed by atoms with Crippen molar-refractivity contribution in [2.45, 2.75) is 57.8 Å². The number of fused-ring (bicyclic) bond motifs is 1. The Morgan fingerprint density at radius 2 is 1.21 bits per heavy atom. The standard InChI is InChI=1S/C42H54O6/c43-9-20(10-44)34-4-16-1-2-21-23-24-30-22-19(6-37(30)33(21)35(37,12-45)13-46)8-41-36(14-47,15-48)40(41)7-18-3-17(5-34)28-25-26(32(22)42(40,41)29(18)25)31(24)38(27(16)23)11-39(28,34)38/h16-33,43-48H,1-15H2. The highest BCUT2D eigenvalue weighted by Gasteiger charge is 3.19. The van der Waals surface area contributed by atoms with Crippen molar-refractivity contribution in [3.8, 4) is 0 Å². The molecule has 16 fully saturated rings. The molecule has 0 aliphatic heterocycles. The molecule has 6 N–H and O–H groups in total. The lowest BCUT2D eigenvalue weighted by atomic mass is 9.41. The van der Waals surface area contributed by atoms with Gasteiger partial charge in [0.1, 0.15) is 0 Å². The van der Waals surface area contributed by atoms with Crippen molar-refractivity contribution in [2.24, 2.45) is 155 Å². The molecular weight excluding hydrogens is 600 g/mol. The number of aliphatic hydroxyl groups excluding tert-OH is 6. The summed E-state index contributed by atoms with van der Waals surface area (Å²) in [7, 11) is 0. The highest BCUT2D eigenvalue weighted by Crippen LogP contribution is 3.20. The van der Waals surface area contributed by atoms with E-state index in [0.717, 1.165) is 76.9 Å². The normalized spacial score (nSPS) is 77.2. The maximum atomic E-state index is 11.4. The minimum Gasteiger partial charge on any atom is -0.396 e. The van der Waals surface area contributed by atoms with Crippen molar-refractivity contribution in [1.29, 1.82) is 0 Å². The van der Waals surface area contributed by atoms with E-state index in [1.165, 1.54) is 57.8 Å². The first-order valence-corrected chi connectivity index (χ1v) is 21.0. The summed E-state index contributed by atoms with van der Waals surface area (Å²) < 4.78 is 0. The average Bonchev–Trinajstić information content (AvgIpc) is 3.95. The summed E-state index contributed by atoms with van der Waals surface area (Å²) in [5.41, 5.74) is 0.940. The van der Waals surface area contributed by atoms with Gasteiger partial charge in [-0.15, -0.1) is 0 Å². The minimum atomic E-state index is -0.306. The van der Waals surface area contributed by atoms with E-state index in [9.17, 15) is 30.6 Å². The molecule has 24 unspecified atom stereocenters. The molecular formula is C42H54O6. The van der Waals surface area contributed by atoms with Gasteiger partial charge < -0.3 is 30.6 Å². The van der Waals surface area contributed by atoms with Gasteiger partial charge in [0.25, 0.3) is 0 Å². The summed E-state index contributed by atoms with van der Waals surface area (Å²) in [4.78, 5) is 0. The van der Waals surface area contributed by atoms with Gasteiger partial charge in [-0.2, -0.15) is 0 Å². The Morgan fingerprint density at radius 3 is 1.94 bits per heavy atom. The van der Waals surface area contributed by atoms with Gasteiger partial charge in [0, 0.05) is 30.0 Å². The third kappa shape index (κ3) is 1.57. The summed E-state index contributed by atoms with van der Waals surface area (Å²) in [6, 6.07) is 0. The van der Waals surface area contributed by atoms with Gasteiger partial charge in [0.05, 0.1) is 26.4 Å². The predicted octanol–water partition coefficient (Wildman–Crippen LogP) is 2.64. The van der Waals surface area contributed by atoms with E-state index in [1.54, 1.807) is 0 Å². The van der Waals surface area contributed by atoms with Gasteiger partial charge in [0.15, 0.2) is 0 Å². The molecule has 6 nitrogen and oxygen atoms in total. The van der Waals surface area contributed by atoms with E-state index >= 15 is 0 Å². The van der Waals surface area contributed by atoms with E-state index in [1.807, 2.05) is 0 Å². The molecule has 0 bridgehead atoms. The van der Waals surface area contributed by atoms with Crippen LogP contribution in [0.2, 0.25) is 0 Å². The van der Waals surface area contributed by atoms with Gasteiger partial charge in [-0.05, 0) is 196 Å². The van der Waals surface area contributed by atoms with E-state index in [0.29, 0.717) is 39.9 Å². The zero-order chi connectivity index (χ0) is 31.5. The van der Waals surface area contributed by atoms with Crippen LogP contribution in [0.5, 0.6) is 0 Å². The van der Waals surface area contributed by atoms with Gasteiger partial charge >= 0.3 is 0 Å². The molecule has 24 atom stereocenters. The maximum Gasteiger partial charge on any atom is 0.0521 e. The van der Waals surface area contributed by atoms with Crippen LogP contribution >= 0.6 is 0 Å². The topological polar surface area (TPSA) is 121 Å². The largest absolute Gasteiger partial charge is 0.396 e. The molecule has 0 amide bonds. The first kappa shape index (κ1) is 26.5. The van der Waals surface area contributed by atoms with Gasteiger partial charge in [0.2, 0.25) is 0 Å². The Morgan fingerprint density at radius 1 is 0.542 bits per heavy atom. The Bertz CT molecular complexity index is 1720. The van der Waals surface area contributed by atoms with Crippen molar-refractivity contribution in [3.63, 3.8) is 0 Å². The zero-order valence-corrected chi connectivity index (χ0v) is 28.2. The van der Waals surface area contributed by atoms with E-state index < -0.39 is 0 Å². The molecule has 0 aromatic heterocycles. The van der Waals surface area contributed by atoms with Crippen molar-refractivity contribution in [2.75, 3.05) is 39.6 Å². The van der Waals surface area contributed by atoms with Crippen LogP contribution in [-0.4, -0.2) is 70.3 Å². The van der Waals surface area contributed by atoms with Crippen molar-refractivity contribution in [3.05, 3.63) is 0 Å². The lowest BCUT2D eigenvalue weighted by Gasteiger charge is -2.63. The SMILES string of the molecule is OCC(CO)C12CC3CCC4C5C6C7C8C(CC79C4C9(CO)CO)CC47C(CO)(CO)C49CC4CC(C1)C1C%10C(C6C6(CC126)C35)C8C79C4%10. The first-order chi connectivity index (χ1) is 23.4. The van der Waals surface area contributed by atoms with Crippen molar-refractivity contribution in [1.82, 2.24) is 0 Å². The quantitative estimate of drug-likeness (QED) is 0.251. The molecule has 0 aromatic rings. The molecule has 0 heterocycles. The zero-order valence-electron chi connectivity index (χ0n) is 28.2. The second-order valence-electron chi connectivity index (χ2n) is 23.1. The monoisotopic (exact) mass is 654 g/mol. The van der Waals surface area contributed by atoms with E-state index in [4.69, 9.17) is 0 Å². The molecule has 16 aliphatic carbocycles. The summed E-state index contributed by atoms with van der Waals surface area (Å²) in [6.45, 7) is 0.942. The fourth-order valence-corrected chi connectivity index (χ4v) is 27.4. The third-order valence-electron chi connectivity index (χ3n) is 25.6. The van der Waals surface area contributed by atoms with E-state index in [2.05, 4.69) is 0 Å². The van der Waals surface area contributed by atoms with Crippen LogP contribution < -0.4 is 0 Å². The number of rotatable bonds is 7. The molecule has 16 saturated carbocycles. The fraction of sp³-hybridized carbons (Fsp3) is 1.00. The fourth-order valence-electron chi connectivity index (χ4n) is 27.4. The number of aliphatic hydroxyl groups is 6. The molecule has 16 rings (SSSR count). The summed E-state index contributed by atoms with van der Waals surface area (Å²) in [5.74, 6) is 12.4. The van der Waals surface area contributed by atoms with Crippen LogP contribution in [-0.2, 0) is 0 Å². The van der Waals surface area contributed by atoms with Crippen molar-refractivity contribution < 1.29 is 30.6 Å². The first-order valence-electron chi connectivity index (χ1n) is 21.0. The molecule has 48 heavy (non-hydrogen) atoms. The molecule has 16 aliphatic rings. The van der Waals surface area contributed by atoms with E-state index in [-0.39, 0.29) is 78.0 Å². The summed E-state index contributed by atoms with van der Waals surface area (Å²) in [5, 5.41) is 67.9. The Labute approximate surface area is 282 Å². The average molecular weight is 655 g/mol. The molecule has 0 radical (unpaired) electrons. The second-order valence-corrected chi connectivity index (χ2v) is 23.1.